The van der Waals surface area contributed by atoms with E-state index in [1.54, 1.807) is 0 Å². The summed E-state index contributed by atoms with van der Waals surface area (Å²) < 4.78 is 5.29. The van der Waals surface area contributed by atoms with E-state index in [4.69, 9.17) is 4.74 Å². The predicted molar refractivity (Wildman–Crippen MR) is 55.0 cm³/mol. The zero-order chi connectivity index (χ0) is 9.36. The highest BCUT2D eigenvalue weighted by Crippen LogP contribution is 2.01. The van der Waals surface area contributed by atoms with Gasteiger partial charge < -0.3 is 10.1 Å². The molecule has 0 aromatic carbocycles. The first kappa shape index (κ1) is 11.0. The van der Waals surface area contributed by atoms with E-state index in [2.05, 4.69) is 10.2 Å². The van der Waals surface area contributed by atoms with Crippen LogP contribution in [0.15, 0.2) is 0 Å². The molecule has 0 spiro atoms. The smallest absolute Gasteiger partial charge is 0.0594 e. The van der Waals surface area contributed by atoms with Gasteiger partial charge in [0, 0.05) is 13.1 Å². The standard InChI is InChI=1S/C10H22N2O/c1-11-5-3-2-4-6-12-7-9-13-10-8-12/h11H,2-10H2,1H3. The fourth-order valence-corrected chi connectivity index (χ4v) is 1.64. The second-order valence-electron chi connectivity index (χ2n) is 3.62. The van der Waals surface area contributed by atoms with Crippen LogP contribution in [0, 0.1) is 0 Å². The van der Waals surface area contributed by atoms with Crippen LogP contribution in [0.2, 0.25) is 0 Å². The summed E-state index contributed by atoms with van der Waals surface area (Å²) in [5.74, 6) is 0. The summed E-state index contributed by atoms with van der Waals surface area (Å²) in [6.07, 6.45) is 3.99. The molecule has 3 heteroatoms. The van der Waals surface area contributed by atoms with Crippen molar-refractivity contribution in [3.8, 4) is 0 Å². The maximum Gasteiger partial charge on any atom is 0.0594 e. The van der Waals surface area contributed by atoms with Crippen molar-refractivity contribution in [3.63, 3.8) is 0 Å². The minimum Gasteiger partial charge on any atom is -0.379 e. The highest BCUT2D eigenvalue weighted by molar-refractivity contribution is 4.61. The highest BCUT2D eigenvalue weighted by atomic mass is 16.5. The van der Waals surface area contributed by atoms with Gasteiger partial charge in [0.1, 0.15) is 0 Å². The highest BCUT2D eigenvalue weighted by Gasteiger charge is 2.08. The topological polar surface area (TPSA) is 24.5 Å². The quantitative estimate of drug-likeness (QED) is 0.618. The summed E-state index contributed by atoms with van der Waals surface area (Å²) >= 11 is 0. The van der Waals surface area contributed by atoms with Gasteiger partial charge in [0.05, 0.1) is 13.2 Å². The van der Waals surface area contributed by atoms with Gasteiger partial charge in [-0.05, 0) is 33.0 Å². The Morgan fingerprint density at radius 3 is 2.62 bits per heavy atom. The molecule has 1 fully saturated rings. The van der Waals surface area contributed by atoms with E-state index >= 15 is 0 Å². The van der Waals surface area contributed by atoms with Gasteiger partial charge in [0.15, 0.2) is 0 Å². The van der Waals surface area contributed by atoms with E-state index in [0.29, 0.717) is 0 Å². The molecule has 0 radical (unpaired) electrons. The number of ether oxygens (including phenoxy) is 1. The van der Waals surface area contributed by atoms with E-state index in [0.717, 1.165) is 32.8 Å². The second kappa shape index (κ2) is 7.30. The largest absolute Gasteiger partial charge is 0.379 e. The van der Waals surface area contributed by atoms with Crippen molar-refractivity contribution >= 4 is 0 Å². The lowest BCUT2D eigenvalue weighted by Crippen LogP contribution is -2.36. The Balaban J connectivity index is 1.86. The predicted octanol–water partition coefficient (Wildman–Crippen LogP) is 0.708. The first-order chi connectivity index (χ1) is 6.43. The fourth-order valence-electron chi connectivity index (χ4n) is 1.64. The Labute approximate surface area is 81.4 Å². The summed E-state index contributed by atoms with van der Waals surface area (Å²) in [5, 5.41) is 3.17. The summed E-state index contributed by atoms with van der Waals surface area (Å²) in [4.78, 5) is 2.50. The van der Waals surface area contributed by atoms with Gasteiger partial charge in [-0.15, -0.1) is 0 Å². The molecule has 0 amide bonds. The molecule has 1 rings (SSSR count). The summed E-state index contributed by atoms with van der Waals surface area (Å²) in [7, 11) is 2.02. The van der Waals surface area contributed by atoms with Crippen molar-refractivity contribution in [3.05, 3.63) is 0 Å². The Kier molecular flexibility index (Phi) is 6.15. The number of unbranched alkanes of at least 4 members (excludes halogenated alkanes) is 2. The molecule has 3 nitrogen and oxygen atoms in total. The summed E-state index contributed by atoms with van der Waals surface area (Å²) in [5.41, 5.74) is 0. The summed E-state index contributed by atoms with van der Waals surface area (Å²) in [6.45, 7) is 6.53. The van der Waals surface area contributed by atoms with E-state index in [1.165, 1.54) is 25.8 Å². The molecule has 1 N–H and O–H groups in total. The number of rotatable bonds is 6. The molecular weight excluding hydrogens is 164 g/mol. The molecule has 0 bridgehead atoms. The molecule has 1 aliphatic rings. The molecule has 1 saturated heterocycles. The summed E-state index contributed by atoms with van der Waals surface area (Å²) in [6, 6.07) is 0. The van der Waals surface area contributed by atoms with E-state index in [-0.39, 0.29) is 0 Å². The van der Waals surface area contributed by atoms with Gasteiger partial charge in [0.2, 0.25) is 0 Å². The normalized spacial score (nSPS) is 19.2. The average Bonchev–Trinajstić information content (AvgIpc) is 2.19. The minimum absolute atomic E-state index is 0.927. The van der Waals surface area contributed by atoms with Gasteiger partial charge in [0.25, 0.3) is 0 Å². The van der Waals surface area contributed by atoms with Crippen LogP contribution in [-0.2, 0) is 4.74 Å². The Morgan fingerprint density at radius 1 is 1.15 bits per heavy atom. The number of hydrogen-bond acceptors (Lipinski definition) is 3. The third-order valence-electron chi connectivity index (χ3n) is 2.50. The lowest BCUT2D eigenvalue weighted by molar-refractivity contribution is 0.0371. The average molecular weight is 186 g/mol. The lowest BCUT2D eigenvalue weighted by atomic mass is 10.2. The van der Waals surface area contributed by atoms with E-state index in [9.17, 15) is 0 Å². The van der Waals surface area contributed by atoms with Crippen LogP contribution in [0.25, 0.3) is 0 Å². The van der Waals surface area contributed by atoms with Gasteiger partial charge >= 0.3 is 0 Å². The van der Waals surface area contributed by atoms with Crippen LogP contribution < -0.4 is 5.32 Å². The molecule has 0 aromatic heterocycles. The van der Waals surface area contributed by atoms with Crippen molar-refractivity contribution < 1.29 is 4.74 Å². The first-order valence-electron chi connectivity index (χ1n) is 5.38. The van der Waals surface area contributed by atoms with Crippen LogP contribution in [0.3, 0.4) is 0 Å². The van der Waals surface area contributed by atoms with Gasteiger partial charge in [-0.2, -0.15) is 0 Å². The van der Waals surface area contributed by atoms with Crippen LogP contribution in [0.5, 0.6) is 0 Å². The first-order valence-corrected chi connectivity index (χ1v) is 5.38. The molecular formula is C10H22N2O. The van der Waals surface area contributed by atoms with Crippen molar-refractivity contribution in [1.82, 2.24) is 10.2 Å². The van der Waals surface area contributed by atoms with Crippen molar-refractivity contribution in [2.45, 2.75) is 19.3 Å². The third-order valence-corrected chi connectivity index (χ3v) is 2.50. The fraction of sp³-hybridized carbons (Fsp3) is 1.00. The van der Waals surface area contributed by atoms with E-state index in [1.807, 2.05) is 7.05 Å². The molecule has 1 heterocycles. The zero-order valence-corrected chi connectivity index (χ0v) is 8.72. The third kappa shape index (κ3) is 5.24. The maximum atomic E-state index is 5.29. The van der Waals surface area contributed by atoms with Crippen LogP contribution in [0.1, 0.15) is 19.3 Å². The lowest BCUT2D eigenvalue weighted by Gasteiger charge is -2.26. The van der Waals surface area contributed by atoms with Gasteiger partial charge in [-0.25, -0.2) is 0 Å². The monoisotopic (exact) mass is 186 g/mol. The number of hydrogen-bond donors (Lipinski definition) is 1. The van der Waals surface area contributed by atoms with Gasteiger partial charge in [-0.1, -0.05) is 6.42 Å². The van der Waals surface area contributed by atoms with Crippen molar-refractivity contribution in [1.29, 1.82) is 0 Å². The number of nitrogens with one attached hydrogen (secondary N) is 1. The Morgan fingerprint density at radius 2 is 1.92 bits per heavy atom. The van der Waals surface area contributed by atoms with Crippen LogP contribution in [0.4, 0.5) is 0 Å². The molecule has 0 atom stereocenters. The molecule has 0 unspecified atom stereocenters. The molecule has 0 aromatic rings. The van der Waals surface area contributed by atoms with Crippen LogP contribution in [-0.4, -0.2) is 51.3 Å². The zero-order valence-electron chi connectivity index (χ0n) is 8.72. The van der Waals surface area contributed by atoms with Crippen molar-refractivity contribution in [2.24, 2.45) is 0 Å². The number of nitrogens with zero attached hydrogens (tertiary/aromatic N) is 1. The minimum atomic E-state index is 0.927. The molecule has 78 valence electrons. The second-order valence-corrected chi connectivity index (χ2v) is 3.62. The maximum absolute atomic E-state index is 5.29. The van der Waals surface area contributed by atoms with Gasteiger partial charge in [-0.3, -0.25) is 4.90 Å². The molecule has 0 aliphatic carbocycles. The molecule has 13 heavy (non-hydrogen) atoms. The van der Waals surface area contributed by atoms with Crippen molar-refractivity contribution in [2.75, 3.05) is 46.4 Å². The van der Waals surface area contributed by atoms with Crippen LogP contribution >= 0.6 is 0 Å². The molecule has 1 aliphatic heterocycles. The SMILES string of the molecule is CNCCCCCN1CCOCC1. The number of morpholine rings is 1. The van der Waals surface area contributed by atoms with E-state index < -0.39 is 0 Å². The Hall–Kier alpha value is -0.120. The molecule has 0 saturated carbocycles. The Bertz CT molecular complexity index is 113.